The minimum absolute atomic E-state index is 0.00124. The minimum atomic E-state index is -0.754. The molecule has 0 aliphatic carbocycles. The van der Waals surface area contributed by atoms with Gasteiger partial charge in [0.15, 0.2) is 0 Å². The van der Waals surface area contributed by atoms with Crippen molar-refractivity contribution >= 4 is 11.9 Å². The van der Waals surface area contributed by atoms with E-state index < -0.39 is 5.97 Å². The molecule has 0 aromatic rings. The summed E-state index contributed by atoms with van der Waals surface area (Å²) < 4.78 is 5.02. The topological polar surface area (TPSA) is 66.8 Å². The van der Waals surface area contributed by atoms with Gasteiger partial charge in [0.25, 0.3) is 5.91 Å². The summed E-state index contributed by atoms with van der Waals surface area (Å²) in [6.07, 6.45) is 3.29. The quantitative estimate of drug-likeness (QED) is 0.747. The van der Waals surface area contributed by atoms with Crippen LogP contribution in [0.5, 0.6) is 0 Å². The first-order valence-corrected chi connectivity index (χ1v) is 5.51. The van der Waals surface area contributed by atoms with Crippen molar-refractivity contribution < 1.29 is 19.4 Å². The van der Waals surface area contributed by atoms with Crippen LogP contribution in [0.1, 0.15) is 19.3 Å². The van der Waals surface area contributed by atoms with Crippen LogP contribution in [0.4, 0.5) is 0 Å². The lowest BCUT2D eigenvalue weighted by atomic mass is 9.96. The van der Waals surface area contributed by atoms with E-state index in [-0.39, 0.29) is 11.8 Å². The number of aliphatic carboxylic acids is 1. The Morgan fingerprint density at radius 2 is 2.06 bits per heavy atom. The van der Waals surface area contributed by atoms with Gasteiger partial charge >= 0.3 is 5.97 Å². The predicted octanol–water partition coefficient (Wildman–Crippen LogP) is 0.614. The molecule has 2 aliphatic heterocycles. The number of carbonyl (C=O) groups is 2. The normalized spacial score (nSPS) is 21.5. The molecule has 5 nitrogen and oxygen atoms in total. The van der Waals surface area contributed by atoms with Gasteiger partial charge < -0.3 is 14.7 Å². The Morgan fingerprint density at radius 3 is 2.56 bits per heavy atom. The molecular formula is C11H15NO4. The largest absolute Gasteiger partial charge is 0.500 e. The molecule has 0 atom stereocenters. The fourth-order valence-corrected chi connectivity index (χ4v) is 2.08. The van der Waals surface area contributed by atoms with E-state index in [1.807, 2.05) is 0 Å². The Bertz CT molecular complexity index is 329. The molecular weight excluding hydrogens is 210 g/mol. The van der Waals surface area contributed by atoms with Gasteiger partial charge in [0.05, 0.1) is 24.4 Å². The lowest BCUT2D eigenvalue weighted by molar-refractivity contribution is -0.145. The summed E-state index contributed by atoms with van der Waals surface area (Å²) in [6, 6.07) is 0. The molecule has 0 spiro atoms. The van der Waals surface area contributed by atoms with Crippen molar-refractivity contribution in [1.29, 1.82) is 0 Å². The number of carbonyl (C=O) groups excluding carboxylic acids is 1. The fraction of sp³-hybridized carbons (Fsp3) is 0.636. The van der Waals surface area contributed by atoms with Crippen molar-refractivity contribution in [2.45, 2.75) is 19.3 Å². The van der Waals surface area contributed by atoms with E-state index in [0.29, 0.717) is 44.5 Å². The molecule has 0 unspecified atom stereocenters. The Labute approximate surface area is 93.7 Å². The molecule has 1 amide bonds. The van der Waals surface area contributed by atoms with Gasteiger partial charge in [0.2, 0.25) is 0 Å². The van der Waals surface area contributed by atoms with Crippen molar-refractivity contribution in [3.63, 3.8) is 0 Å². The summed E-state index contributed by atoms with van der Waals surface area (Å²) in [5.74, 6) is -1.05. The number of carboxylic acid groups (broad SMARTS) is 1. The second kappa shape index (κ2) is 4.55. The molecule has 1 fully saturated rings. The van der Waals surface area contributed by atoms with E-state index in [1.165, 1.54) is 6.26 Å². The third-order valence-electron chi connectivity index (χ3n) is 3.12. The number of ether oxygens (including phenoxy) is 1. The van der Waals surface area contributed by atoms with E-state index in [9.17, 15) is 9.59 Å². The van der Waals surface area contributed by atoms with Crippen LogP contribution >= 0.6 is 0 Å². The summed E-state index contributed by atoms with van der Waals surface area (Å²) >= 11 is 0. The maximum Gasteiger partial charge on any atom is 0.306 e. The maximum atomic E-state index is 11.9. The monoisotopic (exact) mass is 225 g/mol. The SMILES string of the molecule is O=C(O)C1CCN(C(=O)C2=COCC2)CC1. The zero-order valence-electron chi connectivity index (χ0n) is 9.02. The first kappa shape index (κ1) is 11.0. The van der Waals surface area contributed by atoms with E-state index in [0.717, 1.165) is 0 Å². The van der Waals surface area contributed by atoms with Crippen molar-refractivity contribution in [2.75, 3.05) is 19.7 Å². The minimum Gasteiger partial charge on any atom is -0.500 e. The molecule has 16 heavy (non-hydrogen) atoms. The highest BCUT2D eigenvalue weighted by atomic mass is 16.5. The maximum absolute atomic E-state index is 11.9. The number of hydrogen-bond acceptors (Lipinski definition) is 3. The van der Waals surface area contributed by atoms with Gasteiger partial charge in [-0.1, -0.05) is 0 Å². The van der Waals surface area contributed by atoms with Crippen LogP contribution in [0, 0.1) is 5.92 Å². The molecule has 2 aliphatic rings. The first-order valence-electron chi connectivity index (χ1n) is 5.51. The average Bonchev–Trinajstić information content (AvgIpc) is 2.81. The second-order valence-corrected chi connectivity index (χ2v) is 4.17. The number of rotatable bonds is 2. The lowest BCUT2D eigenvalue weighted by Crippen LogP contribution is -2.40. The predicted molar refractivity (Wildman–Crippen MR) is 55.6 cm³/mol. The van der Waals surface area contributed by atoms with Gasteiger partial charge in [0.1, 0.15) is 0 Å². The van der Waals surface area contributed by atoms with Crippen LogP contribution in [0.3, 0.4) is 0 Å². The Balaban J connectivity index is 1.89. The smallest absolute Gasteiger partial charge is 0.306 e. The van der Waals surface area contributed by atoms with Gasteiger partial charge in [-0.2, -0.15) is 0 Å². The van der Waals surface area contributed by atoms with Crippen LogP contribution in [0.15, 0.2) is 11.8 Å². The molecule has 2 heterocycles. The van der Waals surface area contributed by atoms with Crippen LogP contribution in [0.25, 0.3) is 0 Å². The third-order valence-corrected chi connectivity index (χ3v) is 3.12. The van der Waals surface area contributed by atoms with Crippen molar-refractivity contribution in [1.82, 2.24) is 4.90 Å². The second-order valence-electron chi connectivity index (χ2n) is 4.17. The summed E-state index contributed by atoms with van der Waals surface area (Å²) in [7, 11) is 0. The molecule has 0 aromatic heterocycles. The number of piperidine rings is 1. The van der Waals surface area contributed by atoms with E-state index in [2.05, 4.69) is 0 Å². The first-order chi connectivity index (χ1) is 7.68. The molecule has 2 rings (SSSR count). The molecule has 1 N–H and O–H groups in total. The molecule has 0 radical (unpaired) electrons. The molecule has 0 aromatic carbocycles. The number of hydrogen-bond donors (Lipinski definition) is 1. The molecule has 0 bridgehead atoms. The standard InChI is InChI=1S/C11H15NO4/c13-10(9-3-6-16-7-9)12-4-1-8(2-5-12)11(14)15/h7-8H,1-6H2,(H,14,15). The Kier molecular flexibility index (Phi) is 3.12. The summed E-state index contributed by atoms with van der Waals surface area (Å²) in [5, 5.41) is 8.84. The van der Waals surface area contributed by atoms with E-state index >= 15 is 0 Å². The molecule has 1 saturated heterocycles. The number of amides is 1. The van der Waals surface area contributed by atoms with Crippen LogP contribution in [0.2, 0.25) is 0 Å². The van der Waals surface area contributed by atoms with Crippen molar-refractivity contribution in [2.24, 2.45) is 5.92 Å². The van der Waals surface area contributed by atoms with Crippen LogP contribution < -0.4 is 0 Å². The highest BCUT2D eigenvalue weighted by molar-refractivity contribution is 5.93. The number of likely N-dealkylation sites (tertiary alicyclic amines) is 1. The highest BCUT2D eigenvalue weighted by Gasteiger charge is 2.29. The average molecular weight is 225 g/mol. The zero-order chi connectivity index (χ0) is 11.5. The van der Waals surface area contributed by atoms with Gasteiger partial charge in [-0.25, -0.2) is 0 Å². The fourth-order valence-electron chi connectivity index (χ4n) is 2.08. The summed E-state index contributed by atoms with van der Waals surface area (Å²) in [6.45, 7) is 1.65. The zero-order valence-corrected chi connectivity index (χ0v) is 9.02. The van der Waals surface area contributed by atoms with Gasteiger partial charge in [0, 0.05) is 19.5 Å². The summed E-state index contributed by atoms with van der Waals surface area (Å²) in [5.41, 5.74) is 0.703. The van der Waals surface area contributed by atoms with Crippen molar-refractivity contribution in [3.8, 4) is 0 Å². The lowest BCUT2D eigenvalue weighted by Gasteiger charge is -2.30. The molecule has 88 valence electrons. The highest BCUT2D eigenvalue weighted by Crippen LogP contribution is 2.21. The molecule has 0 saturated carbocycles. The summed E-state index contributed by atoms with van der Waals surface area (Å²) in [4.78, 5) is 24.4. The van der Waals surface area contributed by atoms with E-state index in [4.69, 9.17) is 9.84 Å². The van der Waals surface area contributed by atoms with Crippen molar-refractivity contribution in [3.05, 3.63) is 11.8 Å². The Hall–Kier alpha value is -1.52. The third kappa shape index (κ3) is 2.18. The van der Waals surface area contributed by atoms with Gasteiger partial charge in [-0.05, 0) is 12.8 Å². The van der Waals surface area contributed by atoms with Crippen LogP contribution in [-0.4, -0.2) is 41.6 Å². The van der Waals surface area contributed by atoms with Gasteiger partial charge in [-0.15, -0.1) is 0 Å². The Morgan fingerprint density at radius 1 is 1.38 bits per heavy atom. The molecule has 5 heteroatoms. The van der Waals surface area contributed by atoms with E-state index in [1.54, 1.807) is 4.90 Å². The number of nitrogens with zero attached hydrogens (tertiary/aromatic N) is 1. The van der Waals surface area contributed by atoms with Crippen LogP contribution in [-0.2, 0) is 14.3 Å². The van der Waals surface area contributed by atoms with Gasteiger partial charge in [-0.3, -0.25) is 9.59 Å². The number of carboxylic acids is 1.